The Morgan fingerprint density at radius 2 is 2.00 bits per heavy atom. The van der Waals surface area contributed by atoms with Crippen molar-refractivity contribution < 1.29 is 0 Å². The maximum atomic E-state index is 4.48. The van der Waals surface area contributed by atoms with Gasteiger partial charge in [-0.15, -0.1) is 35.3 Å². The third-order valence-corrected chi connectivity index (χ3v) is 4.89. The summed E-state index contributed by atoms with van der Waals surface area (Å²) in [6, 6.07) is 6.50. The van der Waals surface area contributed by atoms with Gasteiger partial charge in [0.25, 0.3) is 0 Å². The lowest BCUT2D eigenvalue weighted by Gasteiger charge is -2.11. The van der Waals surface area contributed by atoms with Gasteiger partial charge in [0.2, 0.25) is 0 Å². The minimum Gasteiger partial charge on any atom is -0.356 e. The summed E-state index contributed by atoms with van der Waals surface area (Å²) in [6.45, 7) is 8.94. The Morgan fingerprint density at radius 3 is 2.58 bits per heavy atom. The van der Waals surface area contributed by atoms with Gasteiger partial charge in [-0.2, -0.15) is 5.10 Å². The second-order valence-electron chi connectivity index (χ2n) is 5.58. The smallest absolute Gasteiger partial charge is 0.191 e. The van der Waals surface area contributed by atoms with Crippen LogP contribution in [0.5, 0.6) is 0 Å². The zero-order valence-corrected chi connectivity index (χ0v) is 18.1. The van der Waals surface area contributed by atoms with Gasteiger partial charge in [0, 0.05) is 35.6 Å². The van der Waals surface area contributed by atoms with Crippen LogP contribution in [0.1, 0.15) is 34.5 Å². The van der Waals surface area contributed by atoms with E-state index in [9.17, 15) is 0 Å². The first-order chi connectivity index (χ1) is 11.1. The normalized spacial score (nSPS) is 11.2. The van der Waals surface area contributed by atoms with Crippen LogP contribution < -0.4 is 10.6 Å². The average Bonchev–Trinajstić information content (AvgIpc) is 3.12. The van der Waals surface area contributed by atoms with Crippen molar-refractivity contribution in [2.24, 2.45) is 4.99 Å². The fourth-order valence-electron chi connectivity index (χ4n) is 2.44. The Morgan fingerprint density at radius 1 is 1.25 bits per heavy atom. The van der Waals surface area contributed by atoms with Crippen LogP contribution in [0.15, 0.2) is 23.2 Å². The average molecular weight is 461 g/mol. The topological polar surface area (TPSA) is 54.2 Å². The van der Waals surface area contributed by atoms with Gasteiger partial charge in [0.05, 0.1) is 12.2 Å². The molecule has 2 heterocycles. The van der Waals surface area contributed by atoms with E-state index in [1.54, 1.807) is 0 Å². The highest BCUT2D eigenvalue weighted by Crippen LogP contribution is 2.16. The van der Waals surface area contributed by atoms with Crippen molar-refractivity contribution in [3.63, 3.8) is 0 Å². The Kier molecular flexibility index (Phi) is 9.35. The fourth-order valence-corrected chi connectivity index (χ4v) is 3.33. The van der Waals surface area contributed by atoms with Crippen molar-refractivity contribution in [3.8, 4) is 0 Å². The first-order valence-corrected chi connectivity index (χ1v) is 8.97. The molecule has 2 rings (SSSR count). The number of thiophene rings is 1. The first-order valence-electron chi connectivity index (χ1n) is 8.15. The molecule has 134 valence electrons. The molecule has 0 unspecified atom stereocenters. The van der Waals surface area contributed by atoms with Gasteiger partial charge in [-0.1, -0.05) is 6.92 Å². The maximum absolute atomic E-state index is 4.48. The van der Waals surface area contributed by atoms with Gasteiger partial charge < -0.3 is 10.6 Å². The second-order valence-corrected chi connectivity index (χ2v) is 6.83. The first kappa shape index (κ1) is 21.0. The molecule has 0 radical (unpaired) electrons. The highest BCUT2D eigenvalue weighted by Gasteiger charge is 2.03. The van der Waals surface area contributed by atoms with E-state index >= 15 is 0 Å². The summed E-state index contributed by atoms with van der Waals surface area (Å²) in [5, 5.41) is 11.2. The largest absolute Gasteiger partial charge is 0.356 e. The number of halogens is 1. The zero-order valence-electron chi connectivity index (χ0n) is 14.9. The highest BCUT2D eigenvalue weighted by molar-refractivity contribution is 14.0. The van der Waals surface area contributed by atoms with E-state index in [1.165, 1.54) is 15.4 Å². The molecule has 2 aromatic rings. The highest BCUT2D eigenvalue weighted by atomic mass is 127. The second kappa shape index (κ2) is 10.7. The van der Waals surface area contributed by atoms with Gasteiger partial charge >= 0.3 is 0 Å². The Hall–Kier alpha value is -1.09. The maximum Gasteiger partial charge on any atom is 0.191 e. The summed E-state index contributed by atoms with van der Waals surface area (Å²) < 4.78 is 2.06. The number of guanidine groups is 1. The molecule has 0 aliphatic heterocycles. The third kappa shape index (κ3) is 6.43. The number of hydrogen-bond acceptors (Lipinski definition) is 3. The van der Waals surface area contributed by atoms with E-state index < -0.39 is 0 Å². The SMILES string of the molecule is CCc1ccc(CNC(=NC)NCCCn2nc(C)cc2C)s1.I. The molecule has 0 bridgehead atoms. The lowest BCUT2D eigenvalue weighted by molar-refractivity contribution is 0.555. The molecule has 0 spiro atoms. The van der Waals surface area contributed by atoms with Crippen LogP contribution in [0.3, 0.4) is 0 Å². The summed E-state index contributed by atoms with van der Waals surface area (Å²) >= 11 is 1.86. The molecule has 0 aliphatic carbocycles. The van der Waals surface area contributed by atoms with Crippen molar-refractivity contribution in [1.82, 2.24) is 20.4 Å². The molecule has 0 saturated carbocycles. The van der Waals surface area contributed by atoms with Crippen molar-refractivity contribution in [1.29, 1.82) is 0 Å². The Balaban J connectivity index is 0.00000288. The van der Waals surface area contributed by atoms with Crippen LogP contribution in [0, 0.1) is 13.8 Å². The van der Waals surface area contributed by atoms with Crippen LogP contribution >= 0.6 is 35.3 Å². The molecule has 5 nitrogen and oxygen atoms in total. The van der Waals surface area contributed by atoms with Crippen LogP contribution in [0.2, 0.25) is 0 Å². The number of hydrogen-bond donors (Lipinski definition) is 2. The van der Waals surface area contributed by atoms with E-state index in [1.807, 2.05) is 25.3 Å². The van der Waals surface area contributed by atoms with E-state index in [0.29, 0.717) is 0 Å². The number of aryl methyl sites for hydroxylation is 4. The molecule has 0 atom stereocenters. The standard InChI is InChI=1S/C17H27N5S.HI/c1-5-15-7-8-16(23-15)12-20-17(18-4)19-9-6-10-22-14(3)11-13(2)21-22;/h7-8,11H,5-6,9-10,12H2,1-4H3,(H2,18,19,20);1H. The molecule has 24 heavy (non-hydrogen) atoms. The van der Waals surface area contributed by atoms with Crippen LogP contribution in [-0.4, -0.2) is 29.3 Å². The Labute approximate surface area is 166 Å². The summed E-state index contributed by atoms with van der Waals surface area (Å²) in [5.74, 6) is 0.852. The van der Waals surface area contributed by atoms with Crippen molar-refractivity contribution in [3.05, 3.63) is 39.3 Å². The number of aliphatic imine (C=N–C) groups is 1. The minimum absolute atomic E-state index is 0. The summed E-state index contributed by atoms with van der Waals surface area (Å²) in [6.07, 6.45) is 2.12. The molecular weight excluding hydrogens is 433 g/mol. The molecule has 2 aromatic heterocycles. The lowest BCUT2D eigenvalue weighted by Crippen LogP contribution is -2.37. The van der Waals surface area contributed by atoms with Gasteiger partial charge in [0.15, 0.2) is 5.96 Å². The number of nitrogens with one attached hydrogen (secondary N) is 2. The van der Waals surface area contributed by atoms with E-state index in [-0.39, 0.29) is 24.0 Å². The zero-order chi connectivity index (χ0) is 16.7. The molecule has 0 aromatic carbocycles. The van der Waals surface area contributed by atoms with Crippen molar-refractivity contribution in [2.45, 2.75) is 46.7 Å². The molecule has 0 fully saturated rings. The molecule has 7 heteroatoms. The fraction of sp³-hybridized carbons (Fsp3) is 0.529. The van der Waals surface area contributed by atoms with Gasteiger partial charge in [0.1, 0.15) is 0 Å². The van der Waals surface area contributed by atoms with E-state index in [4.69, 9.17) is 0 Å². The van der Waals surface area contributed by atoms with Crippen LogP contribution in [0.25, 0.3) is 0 Å². The van der Waals surface area contributed by atoms with Gasteiger partial charge in [-0.05, 0) is 44.9 Å². The lowest BCUT2D eigenvalue weighted by atomic mass is 10.3. The molecule has 0 saturated heterocycles. The number of rotatable bonds is 7. The number of aromatic nitrogens is 2. The van der Waals surface area contributed by atoms with Crippen LogP contribution in [-0.2, 0) is 19.5 Å². The molecule has 0 amide bonds. The minimum atomic E-state index is 0. The van der Waals surface area contributed by atoms with E-state index in [0.717, 1.165) is 44.1 Å². The van der Waals surface area contributed by atoms with Crippen molar-refractivity contribution >= 4 is 41.3 Å². The summed E-state index contributed by atoms with van der Waals surface area (Å²) in [5.41, 5.74) is 2.30. The Bertz CT molecular complexity index is 647. The monoisotopic (exact) mass is 461 g/mol. The van der Waals surface area contributed by atoms with Crippen LogP contribution in [0.4, 0.5) is 0 Å². The molecule has 0 aliphatic rings. The molecule has 2 N–H and O–H groups in total. The predicted molar refractivity (Wildman–Crippen MR) is 114 cm³/mol. The van der Waals surface area contributed by atoms with Gasteiger partial charge in [-0.3, -0.25) is 9.67 Å². The summed E-state index contributed by atoms with van der Waals surface area (Å²) in [4.78, 5) is 7.04. The van der Waals surface area contributed by atoms with Crippen molar-refractivity contribution in [2.75, 3.05) is 13.6 Å². The quantitative estimate of drug-likeness (QED) is 0.287. The van der Waals surface area contributed by atoms with Gasteiger partial charge in [-0.25, -0.2) is 0 Å². The predicted octanol–water partition coefficient (Wildman–Crippen LogP) is 3.50. The third-order valence-electron chi connectivity index (χ3n) is 3.66. The summed E-state index contributed by atoms with van der Waals surface area (Å²) in [7, 11) is 1.81. The molecular formula is C17H28IN5S. The number of nitrogens with zero attached hydrogens (tertiary/aromatic N) is 3. The van der Waals surface area contributed by atoms with E-state index in [2.05, 4.69) is 57.5 Å².